The molecule has 2 N–H and O–H groups in total. The molecule has 10 heteroatoms. The third kappa shape index (κ3) is 25.9. The monoisotopic (exact) mass is 425 g/mol. The molecule has 1 aromatic rings. The van der Waals surface area contributed by atoms with E-state index < -0.39 is 0 Å². The number of hydrogen-bond donors (Lipinski definition) is 2. The molecule has 0 fully saturated rings. The maximum atomic E-state index is 9.63. The van der Waals surface area contributed by atoms with Crippen molar-refractivity contribution >= 4 is 22.8 Å². The Morgan fingerprint density at radius 3 is 1.26 bits per heavy atom. The van der Waals surface area contributed by atoms with Crippen LogP contribution in [-0.2, 0) is 16.8 Å². The molecule has 0 aliphatic carbocycles. The summed E-state index contributed by atoms with van der Waals surface area (Å²) < 4.78 is 0. The van der Waals surface area contributed by atoms with Crippen molar-refractivity contribution in [2.24, 2.45) is 20.6 Å². The first-order valence-corrected chi connectivity index (χ1v) is 7.70. The normalized spacial score (nSPS) is 11.3. The average molecular weight is 425 g/mol. The van der Waals surface area contributed by atoms with Crippen LogP contribution in [0.2, 0.25) is 0 Å². The van der Waals surface area contributed by atoms with Gasteiger partial charge in [-0.15, -0.1) is 0 Å². The van der Waals surface area contributed by atoms with Gasteiger partial charge in [0.2, 0.25) is 0 Å². The van der Waals surface area contributed by atoms with Crippen LogP contribution in [0.4, 0.5) is 0 Å². The van der Waals surface area contributed by atoms with Crippen LogP contribution < -0.4 is 0 Å². The molecule has 1 rings (SSSR count). The fourth-order valence-corrected chi connectivity index (χ4v) is 0.589. The summed E-state index contributed by atoms with van der Waals surface area (Å²) in [7, 11) is 0. The third-order valence-electron chi connectivity index (χ3n) is 2.60. The molecular formula is C17H28CoN5O4. The van der Waals surface area contributed by atoms with Crippen molar-refractivity contribution in [1.29, 1.82) is 0 Å². The van der Waals surface area contributed by atoms with Gasteiger partial charge in [-0.3, -0.25) is 4.98 Å². The van der Waals surface area contributed by atoms with Crippen molar-refractivity contribution < 1.29 is 27.2 Å². The molecule has 0 bridgehead atoms. The number of nitrogens with zero attached hydrogens (tertiary/aromatic N) is 5. The Labute approximate surface area is 171 Å². The van der Waals surface area contributed by atoms with E-state index in [1.165, 1.54) is 34.1 Å². The van der Waals surface area contributed by atoms with Crippen LogP contribution in [-0.4, -0.2) is 38.2 Å². The Kier molecular flexibility index (Phi) is 30.8. The minimum absolute atomic E-state index is 0. The standard InChI is InChI=1S/C5H5N.2C4H8N2O2.C4H9.Co/c1-2-4-6-5-3-1;2*1-3(5-7)4(2)6-8;1-3-4-2;/h1-5H;2*7-8H,1-2H3;3H,4H2,1-2H3;/q;;;-1;+3/p-2/b;2*5-3+,6-4+;;. The molecule has 0 aliphatic rings. The molecule has 0 aromatic carbocycles. The predicted molar refractivity (Wildman–Crippen MR) is 107 cm³/mol. The summed E-state index contributed by atoms with van der Waals surface area (Å²) >= 11 is 0. The SMILES string of the molecule is CC(=N\[O-])/C(C)=N/O.CC(=N\[O-])/C(C)=N/O.C[CH-]CC.[Co+3].c1ccncc1. The fraction of sp³-hybridized carbons (Fsp3) is 0.412. The van der Waals surface area contributed by atoms with E-state index in [1.54, 1.807) is 12.4 Å². The summed E-state index contributed by atoms with van der Waals surface area (Å²) in [4.78, 5) is 3.78. The van der Waals surface area contributed by atoms with Gasteiger partial charge in [-0.25, -0.2) is 0 Å². The first-order valence-electron chi connectivity index (χ1n) is 7.70. The average Bonchev–Trinajstić information content (AvgIpc) is 2.73. The second-order valence-electron chi connectivity index (χ2n) is 4.57. The molecule has 0 radical (unpaired) electrons. The van der Waals surface area contributed by atoms with Gasteiger partial charge in [0, 0.05) is 12.4 Å². The van der Waals surface area contributed by atoms with E-state index in [2.05, 4.69) is 45.9 Å². The van der Waals surface area contributed by atoms with Crippen LogP contribution in [0.1, 0.15) is 48.0 Å². The summed E-state index contributed by atoms with van der Waals surface area (Å²) in [6.07, 6.45) is 6.82. The Morgan fingerprint density at radius 2 is 1.19 bits per heavy atom. The first kappa shape index (κ1) is 32.2. The zero-order valence-corrected chi connectivity index (χ0v) is 17.5. The van der Waals surface area contributed by atoms with Gasteiger partial charge in [0.25, 0.3) is 0 Å². The second-order valence-corrected chi connectivity index (χ2v) is 4.57. The number of aromatic nitrogens is 1. The van der Waals surface area contributed by atoms with Gasteiger partial charge in [0.15, 0.2) is 0 Å². The van der Waals surface area contributed by atoms with Gasteiger partial charge in [-0.2, -0.15) is 13.3 Å². The Bertz CT molecular complexity index is 457. The maximum Gasteiger partial charge on any atom is 3.00 e. The Morgan fingerprint density at radius 1 is 0.852 bits per heavy atom. The first-order chi connectivity index (χ1) is 12.4. The van der Waals surface area contributed by atoms with Gasteiger partial charge in [-0.1, -0.05) is 23.3 Å². The van der Waals surface area contributed by atoms with E-state index in [1.807, 2.05) is 18.2 Å². The van der Waals surface area contributed by atoms with E-state index in [4.69, 9.17) is 10.4 Å². The Balaban J connectivity index is -0.000000133. The van der Waals surface area contributed by atoms with Gasteiger partial charge in [-0.05, 0) is 39.8 Å². The van der Waals surface area contributed by atoms with Crippen molar-refractivity contribution in [1.82, 2.24) is 4.98 Å². The van der Waals surface area contributed by atoms with Crippen LogP contribution in [0.5, 0.6) is 0 Å². The van der Waals surface area contributed by atoms with Crippen LogP contribution in [0.25, 0.3) is 0 Å². The molecule has 154 valence electrons. The second kappa shape index (κ2) is 25.8. The molecule has 0 aliphatic heterocycles. The molecule has 0 saturated carbocycles. The van der Waals surface area contributed by atoms with E-state index in [9.17, 15) is 10.4 Å². The van der Waals surface area contributed by atoms with Crippen LogP contribution in [0, 0.1) is 16.8 Å². The van der Waals surface area contributed by atoms with Crippen molar-refractivity contribution in [2.45, 2.75) is 48.0 Å². The van der Waals surface area contributed by atoms with E-state index >= 15 is 0 Å². The molecule has 0 saturated heterocycles. The van der Waals surface area contributed by atoms with Gasteiger partial charge in [0.1, 0.15) is 0 Å². The molecule has 1 heterocycles. The molecule has 0 unspecified atom stereocenters. The molecule has 1 aromatic heterocycles. The van der Waals surface area contributed by atoms with E-state index in [0.29, 0.717) is 0 Å². The van der Waals surface area contributed by atoms with Gasteiger partial charge < -0.3 is 37.6 Å². The van der Waals surface area contributed by atoms with Crippen molar-refractivity contribution in [2.75, 3.05) is 0 Å². The summed E-state index contributed by atoms with van der Waals surface area (Å²) in [5.41, 5.74) is 0.903. The topological polar surface area (TPSA) is 149 Å². The van der Waals surface area contributed by atoms with Gasteiger partial charge >= 0.3 is 16.8 Å². The molecular weight excluding hydrogens is 397 g/mol. The quantitative estimate of drug-likeness (QED) is 0.321. The van der Waals surface area contributed by atoms with Crippen molar-refractivity contribution in [3.63, 3.8) is 0 Å². The summed E-state index contributed by atoms with van der Waals surface area (Å²) in [5.74, 6) is 0. The van der Waals surface area contributed by atoms with Crippen LogP contribution in [0.15, 0.2) is 51.2 Å². The number of hydrogen-bond acceptors (Lipinski definition) is 9. The van der Waals surface area contributed by atoms with Crippen LogP contribution in [0.3, 0.4) is 0 Å². The van der Waals surface area contributed by atoms with Crippen LogP contribution >= 0.6 is 0 Å². The Hall–Kier alpha value is -2.46. The number of oxime groups is 2. The molecule has 9 nitrogen and oxygen atoms in total. The predicted octanol–water partition coefficient (Wildman–Crippen LogP) is 4.29. The largest absolute Gasteiger partial charge is 3.00 e. The van der Waals surface area contributed by atoms with E-state index in [-0.39, 0.29) is 39.6 Å². The summed E-state index contributed by atoms with van der Waals surface area (Å²) in [6, 6.07) is 5.72. The van der Waals surface area contributed by atoms with Crippen molar-refractivity contribution in [3.05, 3.63) is 47.4 Å². The minimum atomic E-state index is 0. The van der Waals surface area contributed by atoms with Crippen molar-refractivity contribution in [3.8, 4) is 0 Å². The third-order valence-corrected chi connectivity index (χ3v) is 2.60. The number of rotatable bonds is 3. The zero-order valence-electron chi connectivity index (χ0n) is 16.5. The smallest absolute Gasteiger partial charge is 0.792 e. The molecule has 27 heavy (non-hydrogen) atoms. The zero-order chi connectivity index (χ0) is 20.8. The van der Waals surface area contributed by atoms with Gasteiger partial charge in [0.05, 0.1) is 22.8 Å². The summed E-state index contributed by atoms with van der Waals surface area (Å²) in [5, 5.41) is 45.8. The maximum absolute atomic E-state index is 9.63. The minimum Gasteiger partial charge on any atom is -0.792 e. The summed E-state index contributed by atoms with van der Waals surface area (Å²) in [6.45, 7) is 10.1. The molecule has 0 spiro atoms. The number of pyridine rings is 1. The molecule has 0 atom stereocenters. The molecule has 0 amide bonds. The van der Waals surface area contributed by atoms with E-state index in [0.717, 1.165) is 0 Å². The number of unbranched alkanes of at least 4 members (excludes halogenated alkanes) is 1. The fourth-order valence-electron chi connectivity index (χ4n) is 0.589.